The molecule has 0 saturated carbocycles. The minimum atomic E-state index is 0.486. The van der Waals surface area contributed by atoms with Crippen LogP contribution >= 0.6 is 0 Å². The van der Waals surface area contributed by atoms with Crippen molar-refractivity contribution in [3.05, 3.63) is 30.3 Å². The van der Waals surface area contributed by atoms with E-state index in [4.69, 9.17) is 1.37 Å². The van der Waals surface area contributed by atoms with Crippen molar-refractivity contribution < 1.29 is 1.37 Å². The molecule has 1 unspecified atom stereocenters. The van der Waals surface area contributed by atoms with Crippen molar-refractivity contribution in [2.75, 3.05) is 20.1 Å². The van der Waals surface area contributed by atoms with Crippen molar-refractivity contribution >= 4 is 5.69 Å². The highest BCUT2D eigenvalue weighted by atomic mass is 15.3. The second-order valence-electron chi connectivity index (χ2n) is 12.8. The topological polar surface area (TPSA) is 0 Å². The largest absolute Gasteiger partial charge is 0.294 e. The normalized spacial score (nSPS) is 13.4. The molecule has 0 bridgehead atoms. The maximum Gasteiger partial charge on any atom is 0.132 e. The highest BCUT2D eigenvalue weighted by Crippen LogP contribution is 2.24. The number of rotatable bonds is 30. The number of benzene rings is 1. The van der Waals surface area contributed by atoms with Gasteiger partial charge in [0.15, 0.2) is 0 Å². The van der Waals surface area contributed by atoms with Gasteiger partial charge < -0.3 is 0 Å². The third-order valence-corrected chi connectivity index (χ3v) is 8.93. The minimum Gasteiger partial charge on any atom is -0.294 e. The highest BCUT2D eigenvalue weighted by molar-refractivity contribution is 5.41. The molecule has 0 aromatic heterocycles. The summed E-state index contributed by atoms with van der Waals surface area (Å²) in [6.07, 6.45) is 38.0. The zero-order valence-electron chi connectivity index (χ0n) is 28.0. The molecule has 1 rings (SSSR count). The predicted octanol–water partition coefficient (Wildman–Crippen LogP) is 13.2. The van der Waals surface area contributed by atoms with Gasteiger partial charge in [0.25, 0.3) is 0 Å². The van der Waals surface area contributed by atoms with Crippen LogP contribution in [0.3, 0.4) is 0 Å². The Morgan fingerprint density at radius 3 is 0.974 bits per heavy atom. The molecule has 228 valence electrons. The van der Waals surface area contributed by atoms with Crippen molar-refractivity contribution in [3.63, 3.8) is 0 Å². The SMILES string of the molecule is [2H]C[N+](CCCCCCCCCCCC)(CCCCCCCCCCCCCCCCCCC)c1ccccc1. The number of unbranched alkanes of at least 4 members (excludes halogenated alkanes) is 25. The highest BCUT2D eigenvalue weighted by Gasteiger charge is 2.23. The molecule has 0 saturated heterocycles. The van der Waals surface area contributed by atoms with Crippen molar-refractivity contribution in [3.8, 4) is 0 Å². The van der Waals surface area contributed by atoms with Gasteiger partial charge >= 0.3 is 0 Å². The van der Waals surface area contributed by atoms with Crippen LogP contribution in [0.4, 0.5) is 5.69 Å². The van der Waals surface area contributed by atoms with Crippen molar-refractivity contribution in [1.82, 2.24) is 4.48 Å². The molecule has 1 aromatic rings. The molecule has 1 nitrogen and oxygen atoms in total. The summed E-state index contributed by atoms with van der Waals surface area (Å²) in [5.41, 5.74) is 1.37. The van der Waals surface area contributed by atoms with Crippen LogP contribution in [0.5, 0.6) is 0 Å². The minimum absolute atomic E-state index is 0.486. The van der Waals surface area contributed by atoms with Gasteiger partial charge in [-0.25, -0.2) is 0 Å². The molecule has 1 heteroatoms. The van der Waals surface area contributed by atoms with Gasteiger partial charge in [0.2, 0.25) is 0 Å². The van der Waals surface area contributed by atoms with Crippen LogP contribution in [-0.2, 0) is 0 Å². The van der Waals surface area contributed by atoms with Gasteiger partial charge in [-0.3, -0.25) is 4.48 Å². The average Bonchev–Trinajstić information content (AvgIpc) is 2.99. The fourth-order valence-electron chi connectivity index (χ4n) is 6.16. The Morgan fingerprint density at radius 2 is 0.692 bits per heavy atom. The van der Waals surface area contributed by atoms with Gasteiger partial charge in [-0.2, -0.15) is 0 Å². The zero-order valence-corrected chi connectivity index (χ0v) is 27.0. The summed E-state index contributed by atoms with van der Waals surface area (Å²) in [7, 11) is 0.486. The van der Waals surface area contributed by atoms with E-state index in [1.807, 2.05) is 0 Å². The average molecular weight is 544 g/mol. The van der Waals surface area contributed by atoms with Gasteiger partial charge in [-0.1, -0.05) is 180 Å². The van der Waals surface area contributed by atoms with Crippen LogP contribution in [0, 0.1) is 0 Å². The van der Waals surface area contributed by atoms with Crippen LogP contribution < -0.4 is 4.48 Å². The van der Waals surface area contributed by atoms with Gasteiger partial charge in [0, 0.05) is 0 Å². The fourth-order valence-corrected chi connectivity index (χ4v) is 6.16. The number of para-hydroxylation sites is 1. The van der Waals surface area contributed by atoms with Gasteiger partial charge in [-0.15, -0.1) is 0 Å². The van der Waals surface area contributed by atoms with Crippen LogP contribution in [0.1, 0.15) is 189 Å². The van der Waals surface area contributed by atoms with Crippen molar-refractivity contribution in [2.24, 2.45) is 0 Å². The zero-order chi connectivity index (χ0) is 28.8. The van der Waals surface area contributed by atoms with Crippen molar-refractivity contribution in [2.45, 2.75) is 187 Å². The molecule has 0 N–H and O–H groups in total. The Hall–Kier alpha value is -0.820. The first kappa shape index (κ1) is 34.4. The molecule has 0 fully saturated rings. The van der Waals surface area contributed by atoms with E-state index in [0.29, 0.717) is 7.02 Å². The van der Waals surface area contributed by atoms with E-state index in [0.717, 1.165) is 17.6 Å². The van der Waals surface area contributed by atoms with E-state index < -0.39 is 0 Å². The second kappa shape index (κ2) is 27.4. The van der Waals surface area contributed by atoms with E-state index in [1.165, 1.54) is 179 Å². The molecule has 0 aliphatic rings. The van der Waals surface area contributed by atoms with E-state index in [-0.39, 0.29) is 0 Å². The molecule has 0 radical (unpaired) electrons. The second-order valence-corrected chi connectivity index (χ2v) is 12.8. The summed E-state index contributed by atoms with van der Waals surface area (Å²) in [5, 5.41) is 0. The summed E-state index contributed by atoms with van der Waals surface area (Å²) in [5.74, 6) is 0. The lowest BCUT2D eigenvalue weighted by Gasteiger charge is -2.34. The molecule has 0 aliphatic carbocycles. The Kier molecular flexibility index (Phi) is 24.1. The lowest BCUT2D eigenvalue weighted by molar-refractivity contribution is 0.310. The maximum absolute atomic E-state index is 8.54. The molecule has 0 spiro atoms. The summed E-state index contributed by atoms with van der Waals surface area (Å²) in [6.45, 7) is 6.88. The Morgan fingerprint density at radius 1 is 0.410 bits per heavy atom. The molecule has 1 atom stereocenters. The maximum atomic E-state index is 8.54. The van der Waals surface area contributed by atoms with Crippen LogP contribution in [0.15, 0.2) is 30.3 Å². The van der Waals surface area contributed by atoms with Crippen LogP contribution in [-0.4, -0.2) is 20.1 Å². The van der Waals surface area contributed by atoms with Gasteiger partial charge in [0.1, 0.15) is 5.69 Å². The molecule has 0 amide bonds. The molecule has 1 aromatic carbocycles. The van der Waals surface area contributed by atoms with E-state index >= 15 is 0 Å². The monoisotopic (exact) mass is 544 g/mol. The Labute approximate surface area is 248 Å². The number of nitrogens with zero attached hydrogens (tertiary/aromatic N) is 1. The van der Waals surface area contributed by atoms with Crippen molar-refractivity contribution in [1.29, 1.82) is 0 Å². The Bertz CT molecular complexity index is 617. The van der Waals surface area contributed by atoms with Crippen LogP contribution in [0.25, 0.3) is 0 Å². The quantitative estimate of drug-likeness (QED) is 0.0668. The number of hydrogen-bond donors (Lipinski definition) is 0. The molecule has 0 heterocycles. The summed E-state index contributed by atoms with van der Waals surface area (Å²) in [6, 6.07) is 11.0. The first-order valence-electron chi connectivity index (χ1n) is 18.7. The molecular formula is C38H72N+. The van der Waals surface area contributed by atoms with Gasteiger partial charge in [-0.05, 0) is 37.8 Å². The van der Waals surface area contributed by atoms with Crippen LogP contribution in [0.2, 0.25) is 0 Å². The molecular weight excluding hydrogens is 470 g/mol. The number of hydrogen-bond acceptors (Lipinski definition) is 0. The Balaban J connectivity index is 2.13. The fraction of sp³-hybridized carbons (Fsp3) is 0.842. The smallest absolute Gasteiger partial charge is 0.132 e. The summed E-state index contributed by atoms with van der Waals surface area (Å²) < 4.78 is 9.41. The molecule has 0 aliphatic heterocycles. The standard InChI is InChI=1S/C38H72N/c1-4-6-8-10-12-14-16-17-18-19-20-21-22-24-26-28-33-37-39(3,38-34-30-29-31-35-38)36-32-27-25-23-15-13-11-9-7-5-2/h29-31,34-35H,4-28,32-33,36-37H2,1-3H3/q+1/i3D. The summed E-state index contributed by atoms with van der Waals surface area (Å²) in [4.78, 5) is 0. The van der Waals surface area contributed by atoms with E-state index in [9.17, 15) is 0 Å². The van der Waals surface area contributed by atoms with E-state index in [2.05, 4.69) is 44.2 Å². The predicted molar refractivity (Wildman–Crippen MR) is 180 cm³/mol. The lowest BCUT2D eigenvalue weighted by Crippen LogP contribution is -2.46. The summed E-state index contributed by atoms with van der Waals surface area (Å²) >= 11 is 0. The first-order chi connectivity index (χ1) is 19.8. The van der Waals surface area contributed by atoms with E-state index in [1.54, 1.807) is 0 Å². The third-order valence-electron chi connectivity index (χ3n) is 8.93. The first-order valence-corrected chi connectivity index (χ1v) is 18.0. The number of quaternary nitrogens is 1. The third kappa shape index (κ3) is 21.6. The van der Waals surface area contributed by atoms with Gasteiger partial charge in [0.05, 0.1) is 21.5 Å². The molecule has 39 heavy (non-hydrogen) atoms. The lowest BCUT2D eigenvalue weighted by atomic mass is 10.0.